The molecule has 0 aliphatic carbocycles. The lowest BCUT2D eigenvalue weighted by molar-refractivity contribution is -0.0922. The van der Waals surface area contributed by atoms with E-state index in [0.717, 1.165) is 0 Å². The number of nitrogens with one attached hydrogen (secondary N) is 2. The van der Waals surface area contributed by atoms with Gasteiger partial charge in [0.15, 0.2) is 11.5 Å². The van der Waals surface area contributed by atoms with Crippen molar-refractivity contribution in [1.29, 1.82) is 0 Å². The molecular weight excluding hydrogens is 376 g/mol. The first-order chi connectivity index (χ1) is 13.4. The molecule has 4 rings (SSSR count). The summed E-state index contributed by atoms with van der Waals surface area (Å²) in [7, 11) is 0. The van der Waals surface area contributed by atoms with Crippen LogP contribution in [0.3, 0.4) is 0 Å². The van der Waals surface area contributed by atoms with Crippen molar-refractivity contribution in [3.05, 3.63) is 18.2 Å². The van der Waals surface area contributed by atoms with E-state index in [1.54, 1.807) is 16.8 Å². The van der Waals surface area contributed by atoms with Gasteiger partial charge in [-0.15, -0.1) is 5.10 Å². The number of ether oxygens (including phenoxy) is 2. The van der Waals surface area contributed by atoms with Crippen molar-refractivity contribution in [2.75, 3.05) is 18.5 Å². The van der Waals surface area contributed by atoms with Crippen LogP contribution in [0.4, 0.5) is 20.4 Å². The van der Waals surface area contributed by atoms with Gasteiger partial charge in [0.1, 0.15) is 11.3 Å². The molecular formula is C16H19F2N7O3. The SMILES string of the molecule is CC(n1nnc2ccc(Nc3cc(OC(F)F)[nH]n3)nc21)C1(O)CCOCC1. The Morgan fingerprint density at radius 2 is 2.11 bits per heavy atom. The van der Waals surface area contributed by atoms with E-state index < -0.39 is 12.2 Å². The molecule has 1 saturated heterocycles. The minimum Gasteiger partial charge on any atom is -0.417 e. The molecule has 3 aromatic rings. The predicted octanol–water partition coefficient (Wildman–Crippen LogP) is 2.00. The van der Waals surface area contributed by atoms with Crippen LogP contribution >= 0.6 is 0 Å². The lowest BCUT2D eigenvalue weighted by Crippen LogP contribution is -2.43. The monoisotopic (exact) mass is 395 g/mol. The Bertz CT molecular complexity index is 955. The van der Waals surface area contributed by atoms with Crippen LogP contribution in [0, 0.1) is 0 Å². The van der Waals surface area contributed by atoms with Crippen molar-refractivity contribution in [3.8, 4) is 5.88 Å². The van der Waals surface area contributed by atoms with Crippen LogP contribution in [0.2, 0.25) is 0 Å². The lowest BCUT2D eigenvalue weighted by atomic mass is 9.87. The van der Waals surface area contributed by atoms with Crippen molar-refractivity contribution in [1.82, 2.24) is 30.2 Å². The standard InChI is InChI=1S/C16H19F2N7O3/c1-9(16(26)4-6-27-7-5-16)25-14-10(21-24-25)2-3-11(20-14)19-12-8-13(23-22-12)28-15(17)18/h2-3,8-9,15,26H,4-7H2,1H3,(H2,19,20,22,23). The van der Waals surface area contributed by atoms with Gasteiger partial charge in [-0.05, 0) is 19.1 Å². The molecule has 0 bridgehead atoms. The van der Waals surface area contributed by atoms with Crippen LogP contribution in [0.5, 0.6) is 5.88 Å². The molecule has 10 nitrogen and oxygen atoms in total. The highest BCUT2D eigenvalue weighted by molar-refractivity contribution is 5.73. The molecule has 0 spiro atoms. The molecule has 12 heteroatoms. The lowest BCUT2D eigenvalue weighted by Gasteiger charge is -2.36. The zero-order valence-electron chi connectivity index (χ0n) is 15.0. The summed E-state index contributed by atoms with van der Waals surface area (Å²) in [5.41, 5.74) is 0.0852. The molecule has 0 saturated carbocycles. The fraction of sp³-hybridized carbons (Fsp3) is 0.500. The minimum atomic E-state index is -2.94. The Hall–Kier alpha value is -2.86. The Morgan fingerprint density at radius 3 is 2.86 bits per heavy atom. The maximum atomic E-state index is 12.3. The van der Waals surface area contributed by atoms with Crippen molar-refractivity contribution in [3.63, 3.8) is 0 Å². The van der Waals surface area contributed by atoms with E-state index in [2.05, 4.69) is 35.5 Å². The summed E-state index contributed by atoms with van der Waals surface area (Å²) >= 11 is 0. The van der Waals surface area contributed by atoms with E-state index in [-0.39, 0.29) is 17.7 Å². The fourth-order valence-electron chi connectivity index (χ4n) is 3.18. The van der Waals surface area contributed by atoms with Gasteiger partial charge in [0, 0.05) is 32.1 Å². The van der Waals surface area contributed by atoms with Gasteiger partial charge in [-0.2, -0.15) is 13.9 Å². The third-order valence-electron chi connectivity index (χ3n) is 4.85. The second-order valence-electron chi connectivity index (χ2n) is 6.59. The summed E-state index contributed by atoms with van der Waals surface area (Å²) in [5, 5.41) is 28.3. The molecule has 1 unspecified atom stereocenters. The van der Waals surface area contributed by atoms with Gasteiger partial charge < -0.3 is 19.9 Å². The van der Waals surface area contributed by atoms with Gasteiger partial charge in [-0.1, -0.05) is 5.21 Å². The highest BCUT2D eigenvalue weighted by Gasteiger charge is 2.38. The molecule has 3 aromatic heterocycles. The number of aromatic nitrogens is 6. The summed E-state index contributed by atoms with van der Waals surface area (Å²) in [6.07, 6.45) is 0.987. The van der Waals surface area contributed by atoms with Gasteiger partial charge in [-0.3, -0.25) is 0 Å². The Balaban J connectivity index is 1.58. The highest BCUT2D eigenvalue weighted by Crippen LogP contribution is 2.33. The molecule has 0 radical (unpaired) electrons. The zero-order valence-corrected chi connectivity index (χ0v) is 15.0. The first-order valence-corrected chi connectivity index (χ1v) is 8.74. The highest BCUT2D eigenvalue weighted by atomic mass is 19.3. The van der Waals surface area contributed by atoms with Crippen LogP contribution in [0.1, 0.15) is 25.8 Å². The molecule has 1 fully saturated rings. The number of anilines is 2. The second-order valence-corrected chi connectivity index (χ2v) is 6.59. The van der Waals surface area contributed by atoms with Gasteiger partial charge in [-0.25, -0.2) is 14.8 Å². The number of aliphatic hydroxyl groups is 1. The number of nitrogens with zero attached hydrogens (tertiary/aromatic N) is 5. The van der Waals surface area contributed by atoms with Crippen LogP contribution in [0.15, 0.2) is 18.2 Å². The maximum Gasteiger partial charge on any atom is 0.388 e. The average molecular weight is 395 g/mol. The number of H-pyrrole nitrogens is 1. The first-order valence-electron chi connectivity index (χ1n) is 8.74. The number of hydrogen-bond acceptors (Lipinski definition) is 8. The van der Waals surface area contributed by atoms with Gasteiger partial charge in [0.2, 0.25) is 5.88 Å². The average Bonchev–Trinajstić information content (AvgIpc) is 3.27. The smallest absolute Gasteiger partial charge is 0.388 e. The third kappa shape index (κ3) is 3.60. The fourth-order valence-corrected chi connectivity index (χ4v) is 3.18. The molecule has 1 aliphatic rings. The Kier molecular flexibility index (Phi) is 4.81. The van der Waals surface area contributed by atoms with Crippen LogP contribution in [-0.2, 0) is 4.74 Å². The molecule has 28 heavy (non-hydrogen) atoms. The normalized spacial score (nSPS) is 17.8. The molecule has 1 aliphatic heterocycles. The molecule has 0 amide bonds. The second kappa shape index (κ2) is 7.28. The Labute approximate surface area is 157 Å². The first kappa shape index (κ1) is 18.5. The van der Waals surface area contributed by atoms with Crippen molar-refractivity contribution < 1.29 is 23.4 Å². The number of alkyl halides is 2. The summed E-state index contributed by atoms with van der Waals surface area (Å²) < 4.78 is 35.7. The number of hydrogen-bond donors (Lipinski definition) is 3. The zero-order chi connectivity index (χ0) is 19.7. The van der Waals surface area contributed by atoms with Crippen molar-refractivity contribution in [2.45, 2.75) is 38.0 Å². The molecule has 0 aromatic carbocycles. The van der Waals surface area contributed by atoms with Crippen molar-refractivity contribution in [2.24, 2.45) is 0 Å². The number of halogens is 2. The summed E-state index contributed by atoms with van der Waals surface area (Å²) in [5.74, 6) is 0.510. The quantitative estimate of drug-likeness (QED) is 0.579. The van der Waals surface area contributed by atoms with E-state index in [0.29, 0.717) is 43.0 Å². The van der Waals surface area contributed by atoms with Crippen molar-refractivity contribution >= 4 is 22.8 Å². The summed E-state index contributed by atoms with van der Waals surface area (Å²) in [4.78, 5) is 4.49. The van der Waals surface area contributed by atoms with E-state index in [4.69, 9.17) is 4.74 Å². The molecule has 4 heterocycles. The number of rotatable bonds is 6. The van der Waals surface area contributed by atoms with Gasteiger partial charge in [0.25, 0.3) is 0 Å². The number of aromatic amines is 1. The van der Waals surface area contributed by atoms with E-state index in [1.165, 1.54) is 6.07 Å². The van der Waals surface area contributed by atoms with Crippen LogP contribution < -0.4 is 10.1 Å². The molecule has 3 N–H and O–H groups in total. The maximum absolute atomic E-state index is 12.3. The van der Waals surface area contributed by atoms with E-state index >= 15 is 0 Å². The van der Waals surface area contributed by atoms with E-state index in [9.17, 15) is 13.9 Å². The largest absolute Gasteiger partial charge is 0.417 e. The third-order valence-corrected chi connectivity index (χ3v) is 4.85. The predicted molar refractivity (Wildman–Crippen MR) is 93.5 cm³/mol. The van der Waals surface area contributed by atoms with Gasteiger partial charge in [0.05, 0.1) is 11.6 Å². The summed E-state index contributed by atoms with van der Waals surface area (Å²) in [6, 6.07) is 4.32. The topological polar surface area (TPSA) is 123 Å². The molecule has 1 atom stereocenters. The van der Waals surface area contributed by atoms with Gasteiger partial charge >= 0.3 is 6.61 Å². The number of fused-ring (bicyclic) bond motifs is 1. The van der Waals surface area contributed by atoms with E-state index in [1.807, 2.05) is 6.92 Å². The summed E-state index contributed by atoms with van der Waals surface area (Å²) in [6.45, 7) is -0.116. The molecule has 150 valence electrons. The van der Waals surface area contributed by atoms with Crippen LogP contribution in [0.25, 0.3) is 11.2 Å². The number of pyridine rings is 1. The Morgan fingerprint density at radius 1 is 1.32 bits per heavy atom. The van der Waals surface area contributed by atoms with Crippen LogP contribution in [-0.4, -0.2) is 60.7 Å². The minimum absolute atomic E-state index is 0.166.